The molecule has 1 N–H and O–H groups in total. The number of methoxy groups -OCH3 is 1. The van der Waals surface area contributed by atoms with E-state index in [2.05, 4.69) is 5.32 Å². The Kier molecular flexibility index (Phi) is 3.43. The van der Waals surface area contributed by atoms with Gasteiger partial charge in [-0.25, -0.2) is 0 Å². The van der Waals surface area contributed by atoms with Gasteiger partial charge in [0.2, 0.25) is 5.75 Å². The van der Waals surface area contributed by atoms with Crippen molar-refractivity contribution in [2.24, 2.45) is 0 Å². The van der Waals surface area contributed by atoms with Crippen LogP contribution < -0.4 is 14.8 Å². The maximum absolute atomic E-state index is 10.9. The molecule has 0 bridgehead atoms. The van der Waals surface area contributed by atoms with Crippen molar-refractivity contribution in [3.63, 3.8) is 0 Å². The van der Waals surface area contributed by atoms with E-state index in [9.17, 15) is 10.1 Å². The monoisotopic (exact) mass is 238 g/mol. The maximum Gasteiger partial charge on any atom is 0.311 e. The molecule has 1 heterocycles. The second kappa shape index (κ2) is 5.01. The van der Waals surface area contributed by atoms with Crippen LogP contribution in [0.2, 0.25) is 0 Å². The molecule has 6 heteroatoms. The fraction of sp³-hybridized carbons (Fsp3) is 0.455. The minimum absolute atomic E-state index is 0.0131. The number of hydrogen-bond donors (Lipinski definition) is 1. The fourth-order valence-corrected chi connectivity index (χ4v) is 1.77. The van der Waals surface area contributed by atoms with Gasteiger partial charge in [-0.1, -0.05) is 0 Å². The Morgan fingerprint density at radius 3 is 2.94 bits per heavy atom. The lowest BCUT2D eigenvalue weighted by molar-refractivity contribution is -0.386. The summed E-state index contributed by atoms with van der Waals surface area (Å²) in [6, 6.07) is 4.50. The Labute approximate surface area is 98.7 Å². The molecule has 0 saturated carbocycles. The van der Waals surface area contributed by atoms with E-state index < -0.39 is 4.92 Å². The third kappa shape index (κ3) is 2.65. The average molecular weight is 238 g/mol. The van der Waals surface area contributed by atoms with Crippen LogP contribution in [0.15, 0.2) is 18.2 Å². The summed E-state index contributed by atoms with van der Waals surface area (Å²) < 4.78 is 10.7. The first-order chi connectivity index (χ1) is 8.20. The molecule has 2 rings (SSSR count). The summed E-state index contributed by atoms with van der Waals surface area (Å²) in [5, 5.41) is 14.0. The predicted octanol–water partition coefficient (Wildman–Crippen LogP) is 1.34. The van der Waals surface area contributed by atoms with E-state index in [0.29, 0.717) is 12.3 Å². The molecule has 92 valence electrons. The minimum Gasteiger partial charge on any atom is -0.497 e. The molecule has 1 atom stereocenters. The summed E-state index contributed by atoms with van der Waals surface area (Å²) in [4.78, 5) is 10.4. The second-order valence-corrected chi connectivity index (χ2v) is 3.82. The van der Waals surface area contributed by atoms with E-state index in [1.54, 1.807) is 12.1 Å². The number of hydrogen-bond acceptors (Lipinski definition) is 5. The van der Waals surface area contributed by atoms with Gasteiger partial charge in [-0.3, -0.25) is 10.1 Å². The first kappa shape index (κ1) is 11.7. The molecular weight excluding hydrogens is 224 g/mol. The van der Waals surface area contributed by atoms with Gasteiger partial charge in [0.05, 0.1) is 12.0 Å². The smallest absolute Gasteiger partial charge is 0.311 e. The summed E-state index contributed by atoms with van der Waals surface area (Å²) in [5.41, 5.74) is -0.0299. The van der Waals surface area contributed by atoms with Gasteiger partial charge in [0.15, 0.2) is 0 Å². The van der Waals surface area contributed by atoms with E-state index in [0.717, 1.165) is 13.0 Å². The molecule has 1 unspecified atom stereocenters. The van der Waals surface area contributed by atoms with Gasteiger partial charge in [-0.15, -0.1) is 0 Å². The number of benzene rings is 1. The highest BCUT2D eigenvalue weighted by Gasteiger charge is 2.22. The molecule has 17 heavy (non-hydrogen) atoms. The zero-order valence-corrected chi connectivity index (χ0v) is 9.51. The van der Waals surface area contributed by atoms with E-state index in [1.165, 1.54) is 13.2 Å². The molecule has 0 amide bonds. The number of rotatable bonds is 4. The zero-order valence-electron chi connectivity index (χ0n) is 9.51. The molecule has 1 fully saturated rings. The molecule has 0 aromatic heterocycles. The number of nitrogens with one attached hydrogen (secondary N) is 1. The summed E-state index contributed by atoms with van der Waals surface area (Å²) >= 11 is 0. The summed E-state index contributed by atoms with van der Waals surface area (Å²) in [6.07, 6.45) is 0.842. The third-order valence-corrected chi connectivity index (χ3v) is 2.67. The number of nitro groups is 1. The largest absolute Gasteiger partial charge is 0.497 e. The molecule has 1 aromatic rings. The average Bonchev–Trinajstić information content (AvgIpc) is 2.81. The number of nitrogens with zero attached hydrogens (tertiary/aromatic N) is 1. The van der Waals surface area contributed by atoms with Crippen LogP contribution in [-0.2, 0) is 0 Å². The summed E-state index contributed by atoms with van der Waals surface area (Å²) in [5.74, 6) is 0.819. The highest BCUT2D eigenvalue weighted by molar-refractivity contribution is 5.50. The standard InChI is InChI=1S/C11H14N2O4/c1-16-8-2-3-10(13(14)15)11(6-8)17-9-4-5-12-7-9/h2-3,6,9,12H,4-5,7H2,1H3. The van der Waals surface area contributed by atoms with Crippen LogP contribution in [0.5, 0.6) is 11.5 Å². The van der Waals surface area contributed by atoms with Crippen LogP contribution in [0, 0.1) is 10.1 Å². The van der Waals surface area contributed by atoms with Crippen molar-refractivity contribution in [2.45, 2.75) is 12.5 Å². The van der Waals surface area contributed by atoms with Crippen LogP contribution in [0.1, 0.15) is 6.42 Å². The number of nitro benzene ring substituents is 1. The molecule has 1 saturated heterocycles. The quantitative estimate of drug-likeness (QED) is 0.633. The van der Waals surface area contributed by atoms with Gasteiger partial charge < -0.3 is 14.8 Å². The highest BCUT2D eigenvalue weighted by Crippen LogP contribution is 2.32. The van der Waals surface area contributed by atoms with Gasteiger partial charge in [0, 0.05) is 18.7 Å². The second-order valence-electron chi connectivity index (χ2n) is 3.82. The lowest BCUT2D eigenvalue weighted by Gasteiger charge is -2.13. The summed E-state index contributed by atoms with van der Waals surface area (Å²) in [6.45, 7) is 1.59. The van der Waals surface area contributed by atoms with E-state index >= 15 is 0 Å². The molecule has 1 aliphatic rings. The zero-order chi connectivity index (χ0) is 12.3. The van der Waals surface area contributed by atoms with Crippen molar-refractivity contribution in [3.8, 4) is 11.5 Å². The van der Waals surface area contributed by atoms with E-state index in [1.807, 2.05) is 0 Å². The lowest BCUT2D eigenvalue weighted by Crippen LogP contribution is -2.20. The van der Waals surface area contributed by atoms with Crippen molar-refractivity contribution in [1.82, 2.24) is 5.32 Å². The Morgan fingerprint density at radius 1 is 1.53 bits per heavy atom. The first-order valence-electron chi connectivity index (χ1n) is 5.40. The molecule has 0 radical (unpaired) electrons. The Morgan fingerprint density at radius 2 is 2.35 bits per heavy atom. The molecular formula is C11H14N2O4. The van der Waals surface area contributed by atoms with Gasteiger partial charge in [-0.2, -0.15) is 0 Å². The minimum atomic E-state index is -0.447. The Bertz CT molecular complexity index is 416. The van der Waals surface area contributed by atoms with E-state index in [-0.39, 0.29) is 17.5 Å². The number of ether oxygens (including phenoxy) is 2. The van der Waals surface area contributed by atoms with Crippen molar-refractivity contribution < 1.29 is 14.4 Å². The fourth-order valence-electron chi connectivity index (χ4n) is 1.77. The Balaban J connectivity index is 2.24. The van der Waals surface area contributed by atoms with E-state index in [4.69, 9.17) is 9.47 Å². The lowest BCUT2D eigenvalue weighted by atomic mass is 10.2. The maximum atomic E-state index is 10.9. The normalized spacial score (nSPS) is 19.0. The molecule has 0 spiro atoms. The van der Waals surface area contributed by atoms with Gasteiger partial charge in [-0.05, 0) is 19.0 Å². The van der Waals surface area contributed by atoms with Crippen molar-refractivity contribution in [3.05, 3.63) is 28.3 Å². The van der Waals surface area contributed by atoms with Crippen molar-refractivity contribution >= 4 is 5.69 Å². The van der Waals surface area contributed by atoms with Gasteiger partial charge in [0.25, 0.3) is 0 Å². The molecule has 1 aliphatic heterocycles. The van der Waals surface area contributed by atoms with Gasteiger partial charge >= 0.3 is 5.69 Å². The van der Waals surface area contributed by atoms with Crippen LogP contribution in [0.25, 0.3) is 0 Å². The molecule has 6 nitrogen and oxygen atoms in total. The predicted molar refractivity (Wildman–Crippen MR) is 61.6 cm³/mol. The summed E-state index contributed by atoms with van der Waals surface area (Å²) in [7, 11) is 1.52. The van der Waals surface area contributed by atoms with Crippen LogP contribution in [0.4, 0.5) is 5.69 Å². The SMILES string of the molecule is COc1ccc([N+](=O)[O-])c(OC2CCNC2)c1. The first-order valence-corrected chi connectivity index (χ1v) is 5.40. The van der Waals surface area contributed by atoms with Crippen LogP contribution in [0.3, 0.4) is 0 Å². The van der Waals surface area contributed by atoms with Crippen molar-refractivity contribution in [2.75, 3.05) is 20.2 Å². The molecule has 1 aromatic carbocycles. The van der Waals surface area contributed by atoms with Gasteiger partial charge in [0.1, 0.15) is 11.9 Å². The van der Waals surface area contributed by atoms with Crippen molar-refractivity contribution in [1.29, 1.82) is 0 Å². The Hall–Kier alpha value is -1.82. The highest BCUT2D eigenvalue weighted by atomic mass is 16.6. The molecule has 0 aliphatic carbocycles. The topological polar surface area (TPSA) is 73.6 Å². The van der Waals surface area contributed by atoms with Crippen LogP contribution in [-0.4, -0.2) is 31.2 Å². The van der Waals surface area contributed by atoms with Crippen LogP contribution >= 0.6 is 0 Å². The third-order valence-electron chi connectivity index (χ3n) is 2.67.